The van der Waals surface area contributed by atoms with Gasteiger partial charge in [-0.15, -0.1) is 0 Å². The van der Waals surface area contributed by atoms with Crippen molar-refractivity contribution in [3.63, 3.8) is 0 Å². The maximum absolute atomic E-state index is 10.8. The molecule has 1 unspecified atom stereocenters. The van der Waals surface area contributed by atoms with Crippen molar-refractivity contribution in [3.8, 4) is 0 Å². The van der Waals surface area contributed by atoms with E-state index in [1.165, 1.54) is 11.1 Å². The van der Waals surface area contributed by atoms with Crippen LogP contribution in [0.5, 0.6) is 0 Å². The molecule has 2 rings (SSSR count). The standard InChI is InChI=1S/C14H18O2/c1-14(2,3)10-6-4-9(5-7-10)11-8-12(11)13(15)16/h4-7,11-12H,8H2,1-3H3,(H,15,16)/t11-,12?/m0/s1. The maximum atomic E-state index is 10.8. The van der Waals surface area contributed by atoms with Crippen LogP contribution in [0.4, 0.5) is 0 Å². The summed E-state index contributed by atoms with van der Waals surface area (Å²) in [5, 5.41) is 8.87. The van der Waals surface area contributed by atoms with Crippen LogP contribution < -0.4 is 0 Å². The van der Waals surface area contributed by atoms with Gasteiger partial charge in [0.15, 0.2) is 0 Å². The number of aliphatic carboxylic acids is 1. The molecule has 1 fully saturated rings. The summed E-state index contributed by atoms with van der Waals surface area (Å²) in [6.45, 7) is 6.54. The summed E-state index contributed by atoms with van der Waals surface area (Å²) >= 11 is 0. The number of hydrogen-bond donors (Lipinski definition) is 1. The monoisotopic (exact) mass is 218 g/mol. The Hall–Kier alpha value is -1.31. The molecule has 2 nitrogen and oxygen atoms in total. The highest BCUT2D eigenvalue weighted by Crippen LogP contribution is 2.47. The lowest BCUT2D eigenvalue weighted by atomic mass is 9.86. The zero-order valence-corrected chi connectivity index (χ0v) is 10.0. The fraction of sp³-hybridized carbons (Fsp3) is 0.500. The molecule has 16 heavy (non-hydrogen) atoms. The molecule has 0 bridgehead atoms. The highest BCUT2D eigenvalue weighted by atomic mass is 16.4. The van der Waals surface area contributed by atoms with Gasteiger partial charge in [0, 0.05) is 0 Å². The minimum Gasteiger partial charge on any atom is -0.481 e. The zero-order valence-electron chi connectivity index (χ0n) is 10.0. The fourth-order valence-electron chi connectivity index (χ4n) is 2.07. The SMILES string of the molecule is CC(C)(C)c1ccc([C@@H]2CC2C(=O)O)cc1. The van der Waals surface area contributed by atoms with Crippen LogP contribution in [0, 0.1) is 5.92 Å². The lowest BCUT2D eigenvalue weighted by Gasteiger charge is -2.19. The molecule has 0 amide bonds. The number of rotatable bonds is 2. The molecule has 2 atom stereocenters. The molecule has 1 N–H and O–H groups in total. The van der Waals surface area contributed by atoms with Crippen molar-refractivity contribution in [3.05, 3.63) is 35.4 Å². The molecule has 0 aromatic heterocycles. The van der Waals surface area contributed by atoms with E-state index in [-0.39, 0.29) is 17.3 Å². The summed E-state index contributed by atoms with van der Waals surface area (Å²) in [6, 6.07) is 8.39. The van der Waals surface area contributed by atoms with Gasteiger partial charge in [0.25, 0.3) is 0 Å². The summed E-state index contributed by atoms with van der Waals surface area (Å²) in [5.41, 5.74) is 2.62. The molecule has 2 heteroatoms. The Morgan fingerprint density at radius 3 is 2.19 bits per heavy atom. The first kappa shape index (κ1) is 11.2. The smallest absolute Gasteiger partial charge is 0.307 e. The third-order valence-electron chi connectivity index (χ3n) is 3.31. The number of carboxylic acids is 1. The molecule has 0 aliphatic heterocycles. The van der Waals surface area contributed by atoms with Crippen molar-refractivity contribution in [2.45, 2.75) is 38.5 Å². The van der Waals surface area contributed by atoms with E-state index in [9.17, 15) is 4.79 Å². The Balaban J connectivity index is 2.13. The summed E-state index contributed by atoms with van der Waals surface area (Å²) in [7, 11) is 0. The highest BCUT2D eigenvalue weighted by molar-refractivity contribution is 5.75. The largest absolute Gasteiger partial charge is 0.481 e. The molecule has 0 radical (unpaired) electrons. The van der Waals surface area contributed by atoms with Gasteiger partial charge in [0.1, 0.15) is 0 Å². The van der Waals surface area contributed by atoms with Crippen molar-refractivity contribution < 1.29 is 9.90 Å². The van der Waals surface area contributed by atoms with E-state index in [0.717, 1.165) is 6.42 Å². The summed E-state index contributed by atoms with van der Waals surface area (Å²) in [6.07, 6.45) is 0.796. The number of carboxylic acid groups (broad SMARTS) is 1. The van der Waals surface area contributed by atoms with Gasteiger partial charge in [0.05, 0.1) is 5.92 Å². The van der Waals surface area contributed by atoms with E-state index >= 15 is 0 Å². The predicted molar refractivity (Wildman–Crippen MR) is 63.6 cm³/mol. The quantitative estimate of drug-likeness (QED) is 0.827. The molecular weight excluding hydrogens is 200 g/mol. The average Bonchev–Trinajstić information content (AvgIpc) is 2.96. The molecule has 0 heterocycles. The molecule has 1 saturated carbocycles. The molecule has 86 valence electrons. The first-order chi connectivity index (χ1) is 7.39. The van der Waals surface area contributed by atoms with Crippen LogP contribution in [0.3, 0.4) is 0 Å². The first-order valence-electron chi connectivity index (χ1n) is 5.73. The summed E-state index contributed by atoms with van der Waals surface area (Å²) < 4.78 is 0. The van der Waals surface area contributed by atoms with E-state index in [1.54, 1.807) is 0 Å². The van der Waals surface area contributed by atoms with Crippen LogP contribution in [-0.2, 0) is 10.2 Å². The lowest BCUT2D eigenvalue weighted by Crippen LogP contribution is -2.10. The molecule has 0 saturated heterocycles. The Bertz CT molecular complexity index is 398. The van der Waals surface area contributed by atoms with Crippen LogP contribution in [0.15, 0.2) is 24.3 Å². The first-order valence-corrected chi connectivity index (χ1v) is 5.73. The van der Waals surface area contributed by atoms with Crippen molar-refractivity contribution in [1.29, 1.82) is 0 Å². The van der Waals surface area contributed by atoms with E-state index in [0.29, 0.717) is 0 Å². The zero-order chi connectivity index (χ0) is 11.9. The van der Waals surface area contributed by atoms with Gasteiger partial charge in [0.2, 0.25) is 0 Å². The van der Waals surface area contributed by atoms with Gasteiger partial charge in [-0.25, -0.2) is 0 Å². The van der Waals surface area contributed by atoms with Crippen molar-refractivity contribution in [2.24, 2.45) is 5.92 Å². The molecule has 1 aliphatic rings. The second-order valence-corrected chi connectivity index (χ2v) is 5.66. The summed E-state index contributed by atoms with van der Waals surface area (Å²) in [5.74, 6) is -0.572. The molecular formula is C14H18O2. The second kappa shape index (κ2) is 3.62. The van der Waals surface area contributed by atoms with E-state index in [1.807, 2.05) is 0 Å². The van der Waals surface area contributed by atoms with E-state index < -0.39 is 5.97 Å². The molecule has 1 aliphatic carbocycles. The van der Waals surface area contributed by atoms with Crippen molar-refractivity contribution >= 4 is 5.97 Å². The number of hydrogen-bond acceptors (Lipinski definition) is 1. The van der Waals surface area contributed by atoms with Crippen LogP contribution in [0.1, 0.15) is 44.2 Å². The Morgan fingerprint density at radius 2 is 1.81 bits per heavy atom. The molecule has 1 aromatic carbocycles. The minimum absolute atomic E-state index is 0.152. The van der Waals surface area contributed by atoms with Crippen LogP contribution >= 0.6 is 0 Å². The Morgan fingerprint density at radius 1 is 1.25 bits per heavy atom. The Kier molecular flexibility index (Phi) is 2.53. The van der Waals surface area contributed by atoms with Gasteiger partial charge < -0.3 is 5.11 Å². The second-order valence-electron chi connectivity index (χ2n) is 5.66. The third kappa shape index (κ3) is 2.11. The predicted octanol–water partition coefficient (Wildman–Crippen LogP) is 3.17. The lowest BCUT2D eigenvalue weighted by molar-refractivity contribution is -0.138. The van der Waals surface area contributed by atoms with Gasteiger partial charge >= 0.3 is 5.97 Å². The molecule has 1 aromatic rings. The van der Waals surface area contributed by atoms with Crippen LogP contribution in [0.2, 0.25) is 0 Å². The van der Waals surface area contributed by atoms with Gasteiger partial charge in [-0.1, -0.05) is 45.0 Å². The maximum Gasteiger partial charge on any atom is 0.307 e. The van der Waals surface area contributed by atoms with Crippen LogP contribution in [-0.4, -0.2) is 11.1 Å². The number of benzene rings is 1. The normalized spacial score (nSPS) is 24.2. The highest BCUT2D eigenvalue weighted by Gasteiger charge is 2.44. The van der Waals surface area contributed by atoms with Gasteiger partial charge in [-0.3, -0.25) is 4.79 Å². The molecule has 0 spiro atoms. The minimum atomic E-state index is -0.662. The van der Waals surface area contributed by atoms with Gasteiger partial charge in [-0.05, 0) is 28.9 Å². The average molecular weight is 218 g/mol. The van der Waals surface area contributed by atoms with Crippen LogP contribution in [0.25, 0.3) is 0 Å². The third-order valence-corrected chi connectivity index (χ3v) is 3.31. The number of carbonyl (C=O) groups is 1. The van der Waals surface area contributed by atoms with E-state index in [4.69, 9.17) is 5.11 Å². The van der Waals surface area contributed by atoms with E-state index in [2.05, 4.69) is 45.0 Å². The summed E-state index contributed by atoms with van der Waals surface area (Å²) in [4.78, 5) is 10.8. The van der Waals surface area contributed by atoms with Crippen molar-refractivity contribution in [1.82, 2.24) is 0 Å². The fourth-order valence-corrected chi connectivity index (χ4v) is 2.07. The Labute approximate surface area is 96.3 Å². The van der Waals surface area contributed by atoms with Crippen molar-refractivity contribution in [2.75, 3.05) is 0 Å². The topological polar surface area (TPSA) is 37.3 Å². The van der Waals surface area contributed by atoms with Gasteiger partial charge in [-0.2, -0.15) is 0 Å².